The maximum atomic E-state index is 11.0. The fourth-order valence-corrected chi connectivity index (χ4v) is 3.02. The first-order valence-electron chi connectivity index (χ1n) is 5.43. The molecule has 1 heteroatoms. The van der Waals surface area contributed by atoms with Crippen molar-refractivity contribution in [2.24, 2.45) is 23.7 Å². The molecular formula is C12H18O. The van der Waals surface area contributed by atoms with Gasteiger partial charge in [-0.1, -0.05) is 19.1 Å². The van der Waals surface area contributed by atoms with Gasteiger partial charge < -0.3 is 4.79 Å². The van der Waals surface area contributed by atoms with E-state index >= 15 is 0 Å². The average Bonchev–Trinajstić information content (AvgIpc) is 2.18. The van der Waals surface area contributed by atoms with E-state index in [1.54, 1.807) is 0 Å². The van der Waals surface area contributed by atoms with Crippen molar-refractivity contribution in [2.75, 3.05) is 0 Å². The lowest BCUT2D eigenvalue weighted by Gasteiger charge is -2.40. The quantitative estimate of drug-likeness (QED) is 0.446. The molecule has 2 rings (SSSR count). The van der Waals surface area contributed by atoms with E-state index in [4.69, 9.17) is 0 Å². The summed E-state index contributed by atoms with van der Waals surface area (Å²) in [7, 11) is 0. The molecule has 0 aromatic carbocycles. The Morgan fingerprint density at radius 1 is 1.23 bits per heavy atom. The van der Waals surface area contributed by atoms with E-state index in [9.17, 15) is 4.79 Å². The molecule has 13 heavy (non-hydrogen) atoms. The molecule has 0 spiro atoms. The molecule has 72 valence electrons. The van der Waals surface area contributed by atoms with E-state index in [-0.39, 0.29) is 0 Å². The van der Waals surface area contributed by atoms with Gasteiger partial charge in [-0.3, -0.25) is 0 Å². The summed E-state index contributed by atoms with van der Waals surface area (Å²) < 4.78 is 0. The van der Waals surface area contributed by atoms with E-state index < -0.39 is 0 Å². The second-order valence-electron chi connectivity index (χ2n) is 4.63. The number of carbonyl (C=O) groups excluding carboxylic acids is 1. The zero-order chi connectivity index (χ0) is 9.26. The molecule has 0 N–H and O–H groups in total. The van der Waals surface area contributed by atoms with Crippen LogP contribution in [0.25, 0.3) is 0 Å². The van der Waals surface area contributed by atoms with Gasteiger partial charge >= 0.3 is 0 Å². The van der Waals surface area contributed by atoms with E-state index in [0.717, 1.165) is 12.3 Å². The fraction of sp³-hybridized carbons (Fsp3) is 0.750. The summed E-state index contributed by atoms with van der Waals surface area (Å²) in [4.78, 5) is 11.0. The third kappa shape index (κ3) is 1.56. The monoisotopic (exact) mass is 178 g/mol. The molecular weight excluding hydrogens is 160 g/mol. The highest BCUT2D eigenvalue weighted by atomic mass is 16.1. The summed E-state index contributed by atoms with van der Waals surface area (Å²) in [6.07, 6.45) is 10.7. The number of allylic oxidation sites excluding steroid dienone is 2. The Labute approximate surface area is 80.2 Å². The molecule has 4 unspecified atom stereocenters. The van der Waals surface area contributed by atoms with E-state index in [1.165, 1.54) is 25.5 Å². The van der Waals surface area contributed by atoms with Gasteiger partial charge in [-0.05, 0) is 43.4 Å². The molecule has 0 heterocycles. The Morgan fingerprint density at radius 3 is 2.77 bits per heavy atom. The molecule has 1 fully saturated rings. The lowest BCUT2D eigenvalue weighted by molar-refractivity contribution is -0.116. The minimum absolute atomic E-state index is 0.337. The lowest BCUT2D eigenvalue weighted by atomic mass is 9.64. The molecule has 2 aliphatic rings. The number of aldehydes is 1. The van der Waals surface area contributed by atoms with Crippen LogP contribution < -0.4 is 0 Å². The van der Waals surface area contributed by atoms with Crippen LogP contribution >= 0.6 is 0 Å². The van der Waals surface area contributed by atoms with Gasteiger partial charge in [0.2, 0.25) is 0 Å². The van der Waals surface area contributed by atoms with Crippen molar-refractivity contribution >= 4 is 6.29 Å². The molecule has 0 amide bonds. The summed E-state index contributed by atoms with van der Waals surface area (Å²) >= 11 is 0. The number of rotatable bonds is 1. The summed E-state index contributed by atoms with van der Waals surface area (Å²) in [5.41, 5.74) is 0. The van der Waals surface area contributed by atoms with Crippen molar-refractivity contribution in [3.63, 3.8) is 0 Å². The van der Waals surface area contributed by atoms with Crippen LogP contribution in [-0.2, 0) is 4.79 Å². The van der Waals surface area contributed by atoms with Gasteiger partial charge in [-0.25, -0.2) is 0 Å². The molecule has 0 aromatic rings. The number of carbonyl (C=O) groups is 1. The third-order valence-electron chi connectivity index (χ3n) is 3.92. The van der Waals surface area contributed by atoms with Gasteiger partial charge in [0.25, 0.3) is 0 Å². The molecule has 0 aromatic heterocycles. The molecule has 1 nitrogen and oxygen atoms in total. The van der Waals surface area contributed by atoms with Gasteiger partial charge in [-0.2, -0.15) is 0 Å². The second-order valence-corrected chi connectivity index (χ2v) is 4.63. The molecule has 4 atom stereocenters. The average molecular weight is 178 g/mol. The standard InChI is InChI=1S/C12H18O/c1-9-6-7-10-4-2-3-5-11(10)12(9)8-13/h2-3,8-12H,4-7H2,1H3. The van der Waals surface area contributed by atoms with Crippen molar-refractivity contribution < 1.29 is 4.79 Å². The van der Waals surface area contributed by atoms with Gasteiger partial charge in [0.1, 0.15) is 6.29 Å². The highest BCUT2D eigenvalue weighted by molar-refractivity contribution is 5.55. The van der Waals surface area contributed by atoms with Gasteiger partial charge in [0.05, 0.1) is 0 Å². The zero-order valence-corrected chi connectivity index (χ0v) is 8.28. The maximum absolute atomic E-state index is 11.0. The fourth-order valence-electron chi connectivity index (χ4n) is 3.02. The Balaban J connectivity index is 2.14. The highest BCUT2D eigenvalue weighted by Gasteiger charge is 2.36. The first-order valence-corrected chi connectivity index (χ1v) is 5.43. The smallest absolute Gasteiger partial charge is 0.123 e. The van der Waals surface area contributed by atoms with Gasteiger partial charge in [0.15, 0.2) is 0 Å². The Kier molecular flexibility index (Phi) is 2.52. The van der Waals surface area contributed by atoms with Crippen LogP contribution in [0.2, 0.25) is 0 Å². The summed E-state index contributed by atoms with van der Waals surface area (Å²) in [5.74, 6) is 2.41. The van der Waals surface area contributed by atoms with Crippen LogP contribution in [0.5, 0.6) is 0 Å². The van der Waals surface area contributed by atoms with Crippen LogP contribution in [0, 0.1) is 23.7 Å². The van der Waals surface area contributed by atoms with Crippen LogP contribution in [0.3, 0.4) is 0 Å². The SMILES string of the molecule is CC1CCC2CC=CCC2C1C=O. The summed E-state index contributed by atoms with van der Waals surface area (Å²) in [6.45, 7) is 2.23. The van der Waals surface area contributed by atoms with Crippen molar-refractivity contribution in [1.29, 1.82) is 0 Å². The van der Waals surface area contributed by atoms with Crippen LogP contribution in [0.4, 0.5) is 0 Å². The number of fused-ring (bicyclic) bond motifs is 1. The largest absolute Gasteiger partial charge is 0.303 e. The Morgan fingerprint density at radius 2 is 2.00 bits per heavy atom. The van der Waals surface area contributed by atoms with Crippen LogP contribution in [0.1, 0.15) is 32.6 Å². The first kappa shape index (κ1) is 8.98. The van der Waals surface area contributed by atoms with Crippen LogP contribution in [0.15, 0.2) is 12.2 Å². The first-order chi connectivity index (χ1) is 6.33. The van der Waals surface area contributed by atoms with E-state index in [0.29, 0.717) is 17.8 Å². The predicted octanol–water partition coefficient (Wildman–Crippen LogP) is 2.81. The van der Waals surface area contributed by atoms with Crippen LogP contribution in [-0.4, -0.2) is 6.29 Å². The highest BCUT2D eigenvalue weighted by Crippen LogP contribution is 2.43. The maximum Gasteiger partial charge on any atom is 0.123 e. The third-order valence-corrected chi connectivity index (χ3v) is 3.92. The molecule has 2 aliphatic carbocycles. The molecule has 0 saturated heterocycles. The Bertz CT molecular complexity index is 219. The topological polar surface area (TPSA) is 17.1 Å². The minimum Gasteiger partial charge on any atom is -0.303 e. The van der Waals surface area contributed by atoms with Gasteiger partial charge in [-0.15, -0.1) is 0 Å². The summed E-state index contributed by atoms with van der Waals surface area (Å²) in [5, 5.41) is 0. The van der Waals surface area contributed by atoms with E-state index in [2.05, 4.69) is 19.1 Å². The number of hydrogen-bond acceptors (Lipinski definition) is 1. The molecule has 0 bridgehead atoms. The molecule has 1 saturated carbocycles. The van der Waals surface area contributed by atoms with Crippen molar-refractivity contribution in [3.05, 3.63) is 12.2 Å². The van der Waals surface area contributed by atoms with Crippen molar-refractivity contribution in [3.8, 4) is 0 Å². The zero-order valence-electron chi connectivity index (χ0n) is 8.28. The molecule has 0 radical (unpaired) electrons. The minimum atomic E-state index is 0.337. The van der Waals surface area contributed by atoms with E-state index in [1.807, 2.05) is 0 Å². The lowest BCUT2D eigenvalue weighted by Crippen LogP contribution is -2.35. The van der Waals surface area contributed by atoms with Crippen molar-refractivity contribution in [2.45, 2.75) is 32.6 Å². The molecule has 0 aliphatic heterocycles. The Hall–Kier alpha value is -0.590. The number of hydrogen-bond donors (Lipinski definition) is 0. The summed E-state index contributed by atoms with van der Waals surface area (Å²) in [6, 6.07) is 0. The second kappa shape index (κ2) is 3.65. The normalized spacial score (nSPS) is 44.1. The van der Waals surface area contributed by atoms with Crippen molar-refractivity contribution in [1.82, 2.24) is 0 Å². The van der Waals surface area contributed by atoms with Gasteiger partial charge in [0, 0.05) is 5.92 Å². The predicted molar refractivity (Wildman–Crippen MR) is 53.3 cm³/mol.